The van der Waals surface area contributed by atoms with Crippen LogP contribution in [0.4, 0.5) is 5.13 Å². The minimum atomic E-state index is -0.587. The number of anilines is 1. The van der Waals surface area contributed by atoms with Crippen molar-refractivity contribution in [2.45, 2.75) is 29.0 Å². The maximum absolute atomic E-state index is 13.1. The summed E-state index contributed by atoms with van der Waals surface area (Å²) in [6.45, 7) is 0.487. The highest BCUT2D eigenvalue weighted by molar-refractivity contribution is 8.00. The van der Waals surface area contributed by atoms with E-state index in [2.05, 4.69) is 27.6 Å². The van der Waals surface area contributed by atoms with Crippen molar-refractivity contribution in [3.8, 4) is 5.75 Å². The Balaban J connectivity index is 1.40. The summed E-state index contributed by atoms with van der Waals surface area (Å²) in [6, 6.07) is 14.4. The van der Waals surface area contributed by atoms with Gasteiger partial charge in [0.1, 0.15) is 11.8 Å². The first-order valence-electron chi connectivity index (χ1n) is 10.0. The third-order valence-electron chi connectivity index (χ3n) is 5.05. The Morgan fingerprint density at radius 3 is 2.84 bits per heavy atom. The third-order valence-corrected chi connectivity index (χ3v) is 7.33. The van der Waals surface area contributed by atoms with E-state index in [1.807, 2.05) is 18.2 Å². The molecular weight excluding hydrogens is 468 g/mol. The predicted octanol–water partition coefficient (Wildman–Crippen LogP) is 4.74. The number of hydrogen-bond acceptors (Lipinski definition) is 7. The van der Waals surface area contributed by atoms with Crippen molar-refractivity contribution in [3.63, 3.8) is 0 Å². The van der Waals surface area contributed by atoms with Crippen LogP contribution in [0.3, 0.4) is 0 Å². The molecule has 1 fully saturated rings. The number of nitrogens with zero attached hydrogens (tertiary/aromatic N) is 3. The first-order chi connectivity index (χ1) is 15.5. The van der Waals surface area contributed by atoms with Crippen molar-refractivity contribution in [1.82, 2.24) is 15.1 Å². The van der Waals surface area contributed by atoms with Crippen molar-refractivity contribution in [3.05, 3.63) is 64.7 Å². The maximum Gasteiger partial charge on any atom is 0.258 e. The molecule has 32 heavy (non-hydrogen) atoms. The molecule has 1 unspecified atom stereocenters. The van der Waals surface area contributed by atoms with E-state index in [9.17, 15) is 9.59 Å². The number of carbonyl (C=O) groups excluding carboxylic acids is 2. The summed E-state index contributed by atoms with van der Waals surface area (Å²) in [4.78, 5) is 27.7. The number of thioether (sulfide) groups is 1. The van der Waals surface area contributed by atoms with Crippen LogP contribution < -0.4 is 10.1 Å². The van der Waals surface area contributed by atoms with Crippen molar-refractivity contribution in [2.75, 3.05) is 19.0 Å². The highest BCUT2D eigenvalue weighted by Crippen LogP contribution is 2.30. The lowest BCUT2D eigenvalue weighted by molar-refractivity contribution is -0.119. The molecule has 4 rings (SSSR count). The monoisotopic (exact) mass is 488 g/mol. The predicted molar refractivity (Wildman–Crippen MR) is 127 cm³/mol. The molecule has 1 saturated heterocycles. The van der Waals surface area contributed by atoms with Crippen LogP contribution in [0.25, 0.3) is 0 Å². The summed E-state index contributed by atoms with van der Waals surface area (Å²) < 4.78 is 6.07. The molecule has 3 aromatic rings. The van der Waals surface area contributed by atoms with Crippen LogP contribution in [0.15, 0.2) is 52.9 Å². The topological polar surface area (TPSA) is 84.4 Å². The summed E-state index contributed by atoms with van der Waals surface area (Å²) in [5.74, 6) is 0.649. The molecule has 2 heterocycles. The Hall–Kier alpha value is -2.62. The van der Waals surface area contributed by atoms with Crippen molar-refractivity contribution in [1.29, 1.82) is 0 Å². The zero-order valence-electron chi connectivity index (χ0n) is 17.3. The van der Waals surface area contributed by atoms with Gasteiger partial charge in [0.25, 0.3) is 5.91 Å². The number of rotatable bonds is 7. The van der Waals surface area contributed by atoms with E-state index in [-0.39, 0.29) is 11.8 Å². The fraction of sp³-hybridized carbons (Fsp3) is 0.273. The molecule has 10 heteroatoms. The minimum absolute atomic E-state index is 0.271. The number of methoxy groups -OCH3 is 1. The molecule has 1 atom stereocenters. The second-order valence-electron chi connectivity index (χ2n) is 7.14. The largest absolute Gasteiger partial charge is 0.496 e. The molecule has 1 aliphatic heterocycles. The van der Waals surface area contributed by atoms with Crippen molar-refractivity contribution < 1.29 is 14.3 Å². The number of aromatic nitrogens is 2. The quantitative estimate of drug-likeness (QED) is 0.382. The van der Waals surface area contributed by atoms with E-state index in [0.29, 0.717) is 34.4 Å². The molecule has 7 nitrogen and oxygen atoms in total. The first-order valence-corrected chi connectivity index (χ1v) is 12.2. The maximum atomic E-state index is 13.1. The molecule has 0 saturated carbocycles. The highest BCUT2D eigenvalue weighted by Gasteiger charge is 2.36. The average molecular weight is 489 g/mol. The van der Waals surface area contributed by atoms with Crippen LogP contribution >= 0.6 is 34.7 Å². The van der Waals surface area contributed by atoms with Crippen LogP contribution in [0.2, 0.25) is 5.02 Å². The van der Waals surface area contributed by atoms with Gasteiger partial charge in [-0.15, -0.1) is 10.2 Å². The van der Waals surface area contributed by atoms with E-state index in [1.54, 1.807) is 34.9 Å². The highest BCUT2D eigenvalue weighted by atomic mass is 35.5. The number of nitrogens with one attached hydrogen (secondary N) is 1. The van der Waals surface area contributed by atoms with Crippen molar-refractivity contribution >= 4 is 51.6 Å². The van der Waals surface area contributed by atoms with E-state index in [1.165, 1.54) is 24.0 Å². The summed E-state index contributed by atoms with van der Waals surface area (Å²) in [5.41, 5.74) is 1.53. The Kier molecular flexibility index (Phi) is 7.29. The van der Waals surface area contributed by atoms with Gasteiger partial charge in [-0.3, -0.25) is 14.9 Å². The molecule has 2 amide bonds. The van der Waals surface area contributed by atoms with Gasteiger partial charge in [0.05, 0.1) is 12.7 Å². The second kappa shape index (κ2) is 10.3. The van der Waals surface area contributed by atoms with Gasteiger partial charge in [-0.1, -0.05) is 65.0 Å². The molecule has 2 aromatic carbocycles. The Labute approximate surface area is 199 Å². The lowest BCUT2D eigenvalue weighted by atomic mass is 10.1. The van der Waals surface area contributed by atoms with E-state index in [4.69, 9.17) is 16.3 Å². The molecule has 0 spiro atoms. The molecule has 1 aromatic heterocycles. The van der Waals surface area contributed by atoms with Crippen LogP contribution in [0, 0.1) is 0 Å². The molecule has 1 N–H and O–H groups in total. The minimum Gasteiger partial charge on any atom is -0.496 e. The molecule has 0 aliphatic carbocycles. The van der Waals surface area contributed by atoms with Gasteiger partial charge in [-0.05, 0) is 36.6 Å². The Bertz CT molecular complexity index is 1110. The molecular formula is C22H21ClN4O3S2. The van der Waals surface area contributed by atoms with Crippen LogP contribution in [0.5, 0.6) is 5.75 Å². The number of benzene rings is 2. The Morgan fingerprint density at radius 2 is 2.06 bits per heavy atom. The number of hydrogen-bond donors (Lipinski definition) is 1. The van der Waals surface area contributed by atoms with Crippen LogP contribution in [-0.2, 0) is 10.5 Å². The van der Waals surface area contributed by atoms with E-state index < -0.39 is 6.04 Å². The van der Waals surface area contributed by atoms with Gasteiger partial charge in [-0.25, -0.2) is 0 Å². The molecule has 0 radical (unpaired) electrons. The van der Waals surface area contributed by atoms with E-state index >= 15 is 0 Å². The van der Waals surface area contributed by atoms with Crippen LogP contribution in [0.1, 0.15) is 28.8 Å². The lowest BCUT2D eigenvalue weighted by Crippen LogP contribution is -2.43. The molecule has 1 aliphatic rings. The van der Waals surface area contributed by atoms with Gasteiger partial charge >= 0.3 is 0 Å². The summed E-state index contributed by atoms with van der Waals surface area (Å²) in [6.07, 6.45) is 1.32. The van der Waals surface area contributed by atoms with Crippen molar-refractivity contribution in [2.24, 2.45) is 0 Å². The fourth-order valence-corrected chi connectivity index (χ4v) is 5.39. The number of carbonyl (C=O) groups is 2. The van der Waals surface area contributed by atoms with Gasteiger partial charge in [0.15, 0.2) is 4.34 Å². The third kappa shape index (κ3) is 5.23. The average Bonchev–Trinajstić information content (AvgIpc) is 3.47. The van der Waals surface area contributed by atoms with Gasteiger partial charge in [0.2, 0.25) is 11.0 Å². The molecule has 0 bridgehead atoms. The second-order valence-corrected chi connectivity index (χ2v) is 9.77. The van der Waals surface area contributed by atoms with Gasteiger partial charge in [-0.2, -0.15) is 0 Å². The standard InChI is InChI=1S/C22H21ClN4O3S2/c1-30-18-10-9-15(23)12-16(18)20(29)27-11-5-8-17(27)19(28)24-21-25-26-22(32-21)31-13-14-6-3-2-4-7-14/h2-4,6-7,9-10,12,17H,5,8,11,13H2,1H3,(H,24,25,28). The normalized spacial score (nSPS) is 15.6. The summed E-state index contributed by atoms with van der Waals surface area (Å²) >= 11 is 8.96. The smallest absolute Gasteiger partial charge is 0.258 e. The zero-order valence-corrected chi connectivity index (χ0v) is 19.7. The summed E-state index contributed by atoms with van der Waals surface area (Å²) in [7, 11) is 1.50. The summed E-state index contributed by atoms with van der Waals surface area (Å²) in [5, 5.41) is 11.9. The van der Waals surface area contributed by atoms with Gasteiger partial charge in [0, 0.05) is 17.3 Å². The number of amides is 2. The SMILES string of the molecule is COc1ccc(Cl)cc1C(=O)N1CCCC1C(=O)Nc1nnc(SCc2ccccc2)s1. The van der Waals surface area contributed by atoms with Crippen LogP contribution in [-0.4, -0.2) is 46.6 Å². The lowest BCUT2D eigenvalue weighted by Gasteiger charge is -2.24. The molecule has 166 valence electrons. The number of likely N-dealkylation sites (tertiary alicyclic amines) is 1. The number of ether oxygens (including phenoxy) is 1. The Morgan fingerprint density at radius 1 is 1.25 bits per heavy atom. The fourth-order valence-electron chi connectivity index (χ4n) is 3.51. The number of halogens is 1. The van der Waals surface area contributed by atoms with Gasteiger partial charge < -0.3 is 9.64 Å². The first kappa shape index (κ1) is 22.6. The van der Waals surface area contributed by atoms with E-state index in [0.717, 1.165) is 16.5 Å². The zero-order chi connectivity index (χ0) is 22.5.